The number of hydrogen-bond acceptors (Lipinski definition) is 2. The molecule has 0 N–H and O–H groups in total. The fourth-order valence-corrected chi connectivity index (χ4v) is 3.28. The van der Waals surface area contributed by atoms with E-state index in [1.54, 1.807) is 0 Å². The Kier molecular flexibility index (Phi) is 5.54. The molecule has 0 spiro atoms. The second-order valence-corrected chi connectivity index (χ2v) is 13.3. The molecule has 0 saturated carbocycles. The first-order valence-corrected chi connectivity index (χ1v) is 11.7. The fraction of sp³-hybridized carbons (Fsp3) is 0.500. The molecule has 0 unspecified atom stereocenters. The highest BCUT2D eigenvalue weighted by Crippen LogP contribution is 2.37. The summed E-state index contributed by atoms with van der Waals surface area (Å²) in [7, 11) is -1.75. The molecule has 5 heteroatoms. The van der Waals surface area contributed by atoms with Crippen LogP contribution in [0, 0.1) is 6.92 Å². The van der Waals surface area contributed by atoms with Gasteiger partial charge in [0.2, 0.25) is 0 Å². The van der Waals surface area contributed by atoms with Crippen LogP contribution in [0.15, 0.2) is 35.1 Å². The minimum absolute atomic E-state index is 0.220. The van der Waals surface area contributed by atoms with E-state index in [-0.39, 0.29) is 5.04 Å². The molecule has 0 saturated heterocycles. The Morgan fingerprint density at radius 2 is 1.78 bits per heavy atom. The van der Waals surface area contributed by atoms with Gasteiger partial charge in [0, 0.05) is 11.0 Å². The normalized spacial score (nSPS) is 12.7. The first-order chi connectivity index (χ1) is 10.6. The van der Waals surface area contributed by atoms with Gasteiger partial charge < -0.3 is 8.99 Å². The molecule has 0 radical (unpaired) electrons. The predicted molar refractivity (Wildman–Crippen MR) is 102 cm³/mol. The van der Waals surface area contributed by atoms with E-state index in [2.05, 4.69) is 90.5 Å². The number of hydrogen-bond donors (Lipinski definition) is 0. The maximum atomic E-state index is 6.39. The number of aromatic nitrogens is 2. The summed E-state index contributed by atoms with van der Waals surface area (Å²) in [6, 6.07) is 8.42. The molecule has 0 atom stereocenters. The highest BCUT2D eigenvalue weighted by Gasteiger charge is 2.37. The lowest BCUT2D eigenvalue weighted by atomic mass is 10.2. The van der Waals surface area contributed by atoms with Crippen molar-refractivity contribution in [3.05, 3.63) is 52.0 Å². The molecule has 0 aliphatic rings. The molecule has 3 nitrogen and oxygen atoms in total. The van der Waals surface area contributed by atoms with Crippen LogP contribution in [0.5, 0.6) is 0 Å². The highest BCUT2D eigenvalue weighted by atomic mass is 79.9. The van der Waals surface area contributed by atoms with Gasteiger partial charge in [0.05, 0.1) is 24.3 Å². The van der Waals surface area contributed by atoms with Gasteiger partial charge in [-0.25, -0.2) is 4.98 Å². The van der Waals surface area contributed by atoms with Gasteiger partial charge in [-0.3, -0.25) is 0 Å². The van der Waals surface area contributed by atoms with Crippen molar-refractivity contribution in [2.75, 3.05) is 0 Å². The summed E-state index contributed by atoms with van der Waals surface area (Å²) in [5, 5.41) is 0.220. The zero-order valence-corrected chi connectivity index (χ0v) is 17.6. The molecule has 0 aliphatic heterocycles. The van der Waals surface area contributed by atoms with E-state index in [9.17, 15) is 0 Å². The zero-order valence-electron chi connectivity index (χ0n) is 15.0. The SMILES string of the molecule is Cc1ncn(Cc2ccc(Br)cc2)c1CO[Si](C)(C)C(C)(C)C. The monoisotopic (exact) mass is 394 g/mol. The quantitative estimate of drug-likeness (QED) is 0.623. The molecule has 2 rings (SSSR count). The summed E-state index contributed by atoms with van der Waals surface area (Å²) >= 11 is 3.48. The number of halogens is 1. The molecule has 2 aromatic rings. The van der Waals surface area contributed by atoms with E-state index in [4.69, 9.17) is 4.43 Å². The third kappa shape index (κ3) is 4.55. The molecule has 0 amide bonds. The Morgan fingerprint density at radius 1 is 1.17 bits per heavy atom. The van der Waals surface area contributed by atoms with Gasteiger partial charge in [0.1, 0.15) is 0 Å². The first-order valence-electron chi connectivity index (χ1n) is 7.99. The molecular weight excluding hydrogens is 368 g/mol. The van der Waals surface area contributed by atoms with Crippen LogP contribution in [0.4, 0.5) is 0 Å². The van der Waals surface area contributed by atoms with Crippen molar-refractivity contribution in [2.45, 2.75) is 59.0 Å². The largest absolute Gasteiger partial charge is 0.411 e. The topological polar surface area (TPSA) is 27.1 Å². The average Bonchev–Trinajstić information content (AvgIpc) is 2.78. The van der Waals surface area contributed by atoms with E-state index in [1.807, 2.05) is 6.33 Å². The van der Waals surface area contributed by atoms with Crippen molar-refractivity contribution in [3.63, 3.8) is 0 Å². The van der Waals surface area contributed by atoms with Crippen molar-refractivity contribution >= 4 is 24.2 Å². The van der Waals surface area contributed by atoms with E-state index < -0.39 is 8.32 Å². The maximum Gasteiger partial charge on any atom is 0.192 e. The molecule has 1 aromatic carbocycles. The lowest BCUT2D eigenvalue weighted by molar-refractivity contribution is 0.267. The van der Waals surface area contributed by atoms with Gasteiger partial charge in [-0.15, -0.1) is 0 Å². The third-order valence-corrected chi connectivity index (χ3v) is 9.80. The minimum Gasteiger partial charge on any atom is -0.411 e. The molecule has 0 bridgehead atoms. The van der Waals surface area contributed by atoms with Crippen LogP contribution in [0.3, 0.4) is 0 Å². The second-order valence-electron chi connectivity index (χ2n) is 7.58. The van der Waals surface area contributed by atoms with Crippen molar-refractivity contribution in [2.24, 2.45) is 0 Å². The van der Waals surface area contributed by atoms with Gasteiger partial charge in [0.15, 0.2) is 8.32 Å². The molecule has 0 fully saturated rings. The summed E-state index contributed by atoms with van der Waals surface area (Å²) in [4.78, 5) is 4.48. The third-order valence-electron chi connectivity index (χ3n) is 4.80. The Morgan fingerprint density at radius 3 is 2.35 bits per heavy atom. The van der Waals surface area contributed by atoms with Gasteiger partial charge in [-0.1, -0.05) is 48.8 Å². The summed E-state index contributed by atoms with van der Waals surface area (Å²) in [5.74, 6) is 0. The smallest absolute Gasteiger partial charge is 0.192 e. The lowest BCUT2D eigenvalue weighted by Crippen LogP contribution is -2.40. The average molecular weight is 395 g/mol. The van der Waals surface area contributed by atoms with E-state index >= 15 is 0 Å². The van der Waals surface area contributed by atoms with Crippen LogP contribution in [0.25, 0.3) is 0 Å². The van der Waals surface area contributed by atoms with Gasteiger partial charge in [-0.05, 0) is 42.8 Å². The van der Waals surface area contributed by atoms with Crippen LogP contribution in [-0.4, -0.2) is 17.9 Å². The van der Waals surface area contributed by atoms with Crippen LogP contribution < -0.4 is 0 Å². The first kappa shape index (κ1) is 18.4. The molecular formula is C18H27BrN2OSi. The maximum absolute atomic E-state index is 6.39. The zero-order chi connectivity index (χ0) is 17.3. The van der Waals surface area contributed by atoms with Crippen molar-refractivity contribution in [3.8, 4) is 0 Å². The van der Waals surface area contributed by atoms with Crippen molar-refractivity contribution in [1.29, 1.82) is 0 Å². The molecule has 1 heterocycles. The van der Waals surface area contributed by atoms with Crippen LogP contribution in [-0.2, 0) is 17.6 Å². The Balaban J connectivity index is 2.14. The molecule has 23 heavy (non-hydrogen) atoms. The van der Waals surface area contributed by atoms with Crippen LogP contribution in [0.1, 0.15) is 37.7 Å². The molecule has 0 aliphatic carbocycles. The minimum atomic E-state index is -1.75. The number of rotatable bonds is 5. The van der Waals surface area contributed by atoms with E-state index in [0.717, 1.165) is 16.7 Å². The summed E-state index contributed by atoms with van der Waals surface area (Å²) in [6.45, 7) is 14.9. The van der Waals surface area contributed by atoms with E-state index in [0.29, 0.717) is 6.61 Å². The lowest BCUT2D eigenvalue weighted by Gasteiger charge is -2.36. The number of nitrogens with zero attached hydrogens (tertiary/aromatic N) is 2. The number of aryl methyl sites for hydroxylation is 1. The summed E-state index contributed by atoms with van der Waals surface area (Å²) in [5.41, 5.74) is 3.50. The van der Waals surface area contributed by atoms with Crippen LogP contribution >= 0.6 is 15.9 Å². The van der Waals surface area contributed by atoms with Gasteiger partial charge in [0.25, 0.3) is 0 Å². The standard InChI is InChI=1S/C18H27BrN2OSi/c1-14-17(12-22-23(5,6)18(2,3)4)21(13-20-14)11-15-7-9-16(19)10-8-15/h7-10,13H,11-12H2,1-6H3. The Hall–Kier alpha value is -0.913. The van der Waals surface area contributed by atoms with E-state index in [1.165, 1.54) is 11.3 Å². The number of benzene rings is 1. The molecule has 1 aromatic heterocycles. The summed E-state index contributed by atoms with van der Waals surface area (Å²) in [6.07, 6.45) is 1.92. The highest BCUT2D eigenvalue weighted by molar-refractivity contribution is 9.10. The summed E-state index contributed by atoms with van der Waals surface area (Å²) < 4.78 is 9.69. The van der Waals surface area contributed by atoms with Crippen LogP contribution in [0.2, 0.25) is 18.1 Å². The predicted octanol–water partition coefficient (Wildman–Crippen LogP) is 5.52. The fourth-order valence-electron chi connectivity index (χ4n) is 2.08. The van der Waals surface area contributed by atoms with Crippen molar-refractivity contribution < 1.29 is 4.43 Å². The van der Waals surface area contributed by atoms with Crippen molar-refractivity contribution in [1.82, 2.24) is 9.55 Å². The Labute approximate surface area is 149 Å². The van der Waals surface area contributed by atoms with Gasteiger partial charge in [-0.2, -0.15) is 0 Å². The number of imidazole rings is 1. The second kappa shape index (κ2) is 6.91. The Bertz CT molecular complexity index is 657. The molecule has 126 valence electrons. The van der Waals surface area contributed by atoms with Gasteiger partial charge >= 0.3 is 0 Å².